The maximum atomic E-state index is 12.4. The standard InChI is InChI=1S/C14H24N6O/c1-19-13(16-17-18-19)11-6-5-9-20(10-11)14(21)15-12-7-3-2-4-8-12/h11-12H,2-10H2,1H3,(H,15,21). The molecule has 1 aliphatic heterocycles. The molecule has 1 N–H and O–H groups in total. The molecule has 1 atom stereocenters. The number of tetrazole rings is 1. The van der Waals surface area contributed by atoms with Crippen LogP contribution >= 0.6 is 0 Å². The van der Waals surface area contributed by atoms with Crippen molar-refractivity contribution < 1.29 is 4.79 Å². The maximum absolute atomic E-state index is 12.4. The molecule has 1 saturated carbocycles. The summed E-state index contributed by atoms with van der Waals surface area (Å²) in [6.07, 6.45) is 8.07. The highest BCUT2D eigenvalue weighted by molar-refractivity contribution is 5.74. The van der Waals surface area contributed by atoms with Crippen LogP contribution in [0.1, 0.15) is 56.7 Å². The number of hydrogen-bond donors (Lipinski definition) is 1. The second kappa shape index (κ2) is 6.41. The molecule has 1 aromatic heterocycles. The second-order valence-electron chi connectivity index (χ2n) is 6.23. The zero-order valence-corrected chi connectivity index (χ0v) is 12.7. The van der Waals surface area contributed by atoms with Crippen LogP contribution in [0.25, 0.3) is 0 Å². The van der Waals surface area contributed by atoms with Crippen LogP contribution in [0.15, 0.2) is 0 Å². The molecule has 2 aliphatic rings. The van der Waals surface area contributed by atoms with Gasteiger partial charge in [-0.1, -0.05) is 19.3 Å². The van der Waals surface area contributed by atoms with Crippen LogP contribution in [0, 0.1) is 0 Å². The van der Waals surface area contributed by atoms with Crippen molar-refractivity contribution in [1.29, 1.82) is 0 Å². The number of hydrogen-bond acceptors (Lipinski definition) is 4. The lowest BCUT2D eigenvalue weighted by molar-refractivity contribution is 0.171. The van der Waals surface area contributed by atoms with E-state index in [0.717, 1.165) is 38.1 Å². The SMILES string of the molecule is Cn1nnnc1C1CCCN(C(=O)NC2CCCCC2)C1. The normalized spacial score (nSPS) is 24.0. The summed E-state index contributed by atoms with van der Waals surface area (Å²) in [6.45, 7) is 1.55. The number of piperidine rings is 1. The predicted octanol–water partition coefficient (Wildman–Crippen LogP) is 1.43. The van der Waals surface area contributed by atoms with Gasteiger partial charge >= 0.3 is 6.03 Å². The molecule has 2 amide bonds. The molecule has 0 radical (unpaired) electrons. The summed E-state index contributed by atoms with van der Waals surface area (Å²) in [4.78, 5) is 14.4. The van der Waals surface area contributed by atoms with Gasteiger partial charge in [-0.2, -0.15) is 0 Å². The van der Waals surface area contributed by atoms with Gasteiger partial charge in [-0.05, 0) is 36.1 Å². The minimum atomic E-state index is 0.0849. The first-order chi connectivity index (χ1) is 10.2. The van der Waals surface area contributed by atoms with Crippen LogP contribution in [-0.2, 0) is 7.05 Å². The molecule has 116 valence electrons. The van der Waals surface area contributed by atoms with Crippen LogP contribution in [-0.4, -0.2) is 50.3 Å². The number of carbonyl (C=O) groups is 1. The predicted molar refractivity (Wildman–Crippen MR) is 77.8 cm³/mol. The van der Waals surface area contributed by atoms with Crippen LogP contribution < -0.4 is 5.32 Å². The zero-order chi connectivity index (χ0) is 14.7. The molecule has 2 fully saturated rings. The summed E-state index contributed by atoms with van der Waals surface area (Å²) >= 11 is 0. The summed E-state index contributed by atoms with van der Waals surface area (Å²) in [7, 11) is 1.86. The molecular weight excluding hydrogens is 268 g/mol. The van der Waals surface area contributed by atoms with Crippen LogP contribution in [0.3, 0.4) is 0 Å². The maximum Gasteiger partial charge on any atom is 0.317 e. The van der Waals surface area contributed by atoms with E-state index in [1.54, 1.807) is 4.68 Å². The molecule has 1 unspecified atom stereocenters. The molecular formula is C14H24N6O. The smallest absolute Gasteiger partial charge is 0.317 e. The lowest BCUT2D eigenvalue weighted by Crippen LogP contribution is -2.48. The van der Waals surface area contributed by atoms with Gasteiger partial charge < -0.3 is 10.2 Å². The number of carbonyl (C=O) groups excluding carboxylic acids is 1. The Morgan fingerprint density at radius 1 is 1.19 bits per heavy atom. The third-order valence-electron chi connectivity index (χ3n) is 4.66. The molecule has 1 aromatic rings. The van der Waals surface area contributed by atoms with Crippen molar-refractivity contribution in [1.82, 2.24) is 30.4 Å². The third kappa shape index (κ3) is 3.33. The van der Waals surface area contributed by atoms with Crippen LogP contribution in [0.2, 0.25) is 0 Å². The van der Waals surface area contributed by atoms with Gasteiger partial charge in [-0.3, -0.25) is 0 Å². The van der Waals surface area contributed by atoms with Gasteiger partial charge in [-0.25, -0.2) is 9.48 Å². The first kappa shape index (κ1) is 14.3. The van der Waals surface area contributed by atoms with E-state index >= 15 is 0 Å². The fourth-order valence-corrected chi connectivity index (χ4v) is 3.47. The van der Waals surface area contributed by atoms with Gasteiger partial charge in [0.1, 0.15) is 0 Å². The molecule has 0 spiro atoms. The van der Waals surface area contributed by atoms with Crippen molar-refractivity contribution in [3.8, 4) is 0 Å². The minimum Gasteiger partial charge on any atom is -0.335 e. The summed E-state index contributed by atoms with van der Waals surface area (Å²) in [5, 5.41) is 14.9. The topological polar surface area (TPSA) is 75.9 Å². The Morgan fingerprint density at radius 3 is 2.71 bits per heavy atom. The van der Waals surface area contributed by atoms with E-state index in [4.69, 9.17) is 0 Å². The van der Waals surface area contributed by atoms with Gasteiger partial charge in [0.2, 0.25) is 0 Å². The molecule has 7 nitrogen and oxygen atoms in total. The molecule has 21 heavy (non-hydrogen) atoms. The highest BCUT2D eigenvalue weighted by Crippen LogP contribution is 2.25. The lowest BCUT2D eigenvalue weighted by atomic mass is 9.95. The summed E-state index contributed by atoms with van der Waals surface area (Å²) in [6, 6.07) is 0.449. The number of aromatic nitrogens is 4. The number of likely N-dealkylation sites (tertiary alicyclic amines) is 1. The number of amides is 2. The van der Waals surface area contributed by atoms with Crippen molar-refractivity contribution in [2.75, 3.05) is 13.1 Å². The number of urea groups is 1. The average molecular weight is 292 g/mol. The zero-order valence-electron chi connectivity index (χ0n) is 12.7. The fraction of sp³-hybridized carbons (Fsp3) is 0.857. The van der Waals surface area contributed by atoms with Crippen molar-refractivity contribution in [2.45, 2.75) is 56.9 Å². The Kier molecular flexibility index (Phi) is 4.36. The van der Waals surface area contributed by atoms with Gasteiger partial charge in [0.05, 0.1) is 0 Å². The van der Waals surface area contributed by atoms with E-state index in [1.165, 1.54) is 19.3 Å². The summed E-state index contributed by atoms with van der Waals surface area (Å²) in [5.41, 5.74) is 0. The largest absolute Gasteiger partial charge is 0.335 e. The van der Waals surface area contributed by atoms with Crippen LogP contribution in [0.5, 0.6) is 0 Å². The number of nitrogens with one attached hydrogen (secondary N) is 1. The van der Waals surface area contributed by atoms with Crippen molar-refractivity contribution >= 4 is 6.03 Å². The van der Waals surface area contributed by atoms with Gasteiger partial charge in [0, 0.05) is 32.1 Å². The van der Waals surface area contributed by atoms with Crippen molar-refractivity contribution in [2.24, 2.45) is 7.05 Å². The molecule has 1 aliphatic carbocycles. The van der Waals surface area contributed by atoms with Gasteiger partial charge in [0.25, 0.3) is 0 Å². The lowest BCUT2D eigenvalue weighted by Gasteiger charge is -2.34. The van der Waals surface area contributed by atoms with E-state index < -0.39 is 0 Å². The Balaban J connectivity index is 1.57. The third-order valence-corrected chi connectivity index (χ3v) is 4.66. The van der Waals surface area contributed by atoms with E-state index in [-0.39, 0.29) is 11.9 Å². The quantitative estimate of drug-likeness (QED) is 0.894. The van der Waals surface area contributed by atoms with E-state index in [2.05, 4.69) is 20.8 Å². The van der Waals surface area contributed by atoms with E-state index in [1.807, 2.05) is 11.9 Å². The van der Waals surface area contributed by atoms with Crippen molar-refractivity contribution in [3.05, 3.63) is 5.82 Å². The highest BCUT2D eigenvalue weighted by atomic mass is 16.2. The Labute approximate surface area is 125 Å². The van der Waals surface area contributed by atoms with Crippen molar-refractivity contribution in [3.63, 3.8) is 0 Å². The molecule has 2 heterocycles. The summed E-state index contributed by atoms with van der Waals surface area (Å²) < 4.78 is 1.72. The van der Waals surface area contributed by atoms with Gasteiger partial charge in [0.15, 0.2) is 5.82 Å². The van der Waals surface area contributed by atoms with E-state index in [9.17, 15) is 4.79 Å². The second-order valence-corrected chi connectivity index (χ2v) is 6.23. The van der Waals surface area contributed by atoms with E-state index in [0.29, 0.717) is 12.6 Å². The Morgan fingerprint density at radius 2 is 2.00 bits per heavy atom. The minimum absolute atomic E-state index is 0.0849. The first-order valence-corrected chi connectivity index (χ1v) is 8.01. The molecule has 3 rings (SSSR count). The highest BCUT2D eigenvalue weighted by Gasteiger charge is 2.29. The summed E-state index contributed by atoms with van der Waals surface area (Å²) in [5.74, 6) is 1.13. The Bertz CT molecular complexity index is 482. The number of rotatable bonds is 2. The Hall–Kier alpha value is -1.66. The molecule has 7 heteroatoms. The number of nitrogens with zero attached hydrogens (tertiary/aromatic N) is 5. The molecule has 1 saturated heterocycles. The molecule has 0 aromatic carbocycles. The van der Waals surface area contributed by atoms with Crippen LogP contribution in [0.4, 0.5) is 4.79 Å². The molecule has 0 bridgehead atoms. The fourth-order valence-electron chi connectivity index (χ4n) is 3.47. The van der Waals surface area contributed by atoms with Gasteiger partial charge in [-0.15, -0.1) is 5.10 Å². The average Bonchev–Trinajstić information content (AvgIpc) is 2.94. The number of aryl methyl sites for hydroxylation is 1. The monoisotopic (exact) mass is 292 g/mol. The first-order valence-electron chi connectivity index (χ1n) is 8.01.